The van der Waals surface area contributed by atoms with Gasteiger partial charge in [-0.15, -0.1) is 0 Å². The Morgan fingerprint density at radius 3 is 2.08 bits per heavy atom. The number of carbonyl (C=O) groups excluding carboxylic acids is 2. The molecule has 0 atom stereocenters. The van der Waals surface area contributed by atoms with Gasteiger partial charge in [0.05, 0.1) is 13.2 Å². The van der Waals surface area contributed by atoms with Gasteiger partial charge in [-0.3, -0.25) is 9.69 Å². The van der Waals surface area contributed by atoms with E-state index >= 15 is 0 Å². The summed E-state index contributed by atoms with van der Waals surface area (Å²) in [5, 5.41) is 5.56. The molecule has 1 fully saturated rings. The van der Waals surface area contributed by atoms with E-state index in [1.165, 1.54) is 0 Å². The zero-order valence-electron chi connectivity index (χ0n) is 16.1. The Balaban J connectivity index is 2.54. The monoisotopic (exact) mass is 343 g/mol. The van der Waals surface area contributed by atoms with Crippen molar-refractivity contribution in [1.29, 1.82) is 0 Å². The Hall–Kier alpha value is -1.34. The standard InChI is InChI=1S/C17H33N3O4/c1-15(2,3)24-14(22)19-17(6,7)13(21)18-12-16(4,5)20-8-10-23-11-9-20/h8-12H2,1-7H3,(H,18,21)(H,19,22). The molecule has 0 aromatic rings. The molecule has 1 rings (SSSR count). The van der Waals surface area contributed by atoms with Gasteiger partial charge in [-0.25, -0.2) is 4.79 Å². The van der Waals surface area contributed by atoms with E-state index in [9.17, 15) is 9.59 Å². The molecule has 0 unspecified atom stereocenters. The van der Waals surface area contributed by atoms with Crippen LogP contribution in [0.5, 0.6) is 0 Å². The minimum atomic E-state index is -1.05. The van der Waals surface area contributed by atoms with E-state index in [0.29, 0.717) is 19.8 Å². The second-order valence-electron chi connectivity index (χ2n) is 8.35. The van der Waals surface area contributed by atoms with Crippen molar-refractivity contribution in [1.82, 2.24) is 15.5 Å². The summed E-state index contributed by atoms with van der Waals surface area (Å²) in [7, 11) is 0. The van der Waals surface area contributed by atoms with E-state index in [0.717, 1.165) is 13.1 Å². The molecule has 2 amide bonds. The van der Waals surface area contributed by atoms with Crippen molar-refractivity contribution < 1.29 is 19.1 Å². The van der Waals surface area contributed by atoms with Crippen molar-refractivity contribution in [3.63, 3.8) is 0 Å². The number of hydrogen-bond acceptors (Lipinski definition) is 5. The number of ether oxygens (including phenoxy) is 2. The molecule has 24 heavy (non-hydrogen) atoms. The number of amides is 2. The first-order chi connectivity index (χ1) is 10.8. The highest BCUT2D eigenvalue weighted by atomic mass is 16.6. The lowest BCUT2D eigenvalue weighted by Crippen LogP contribution is -2.60. The van der Waals surface area contributed by atoms with Gasteiger partial charge in [0, 0.05) is 25.2 Å². The van der Waals surface area contributed by atoms with Gasteiger partial charge >= 0.3 is 6.09 Å². The third-order valence-corrected chi connectivity index (χ3v) is 3.93. The molecular formula is C17H33N3O4. The summed E-state index contributed by atoms with van der Waals surface area (Å²) in [4.78, 5) is 26.7. The third-order valence-electron chi connectivity index (χ3n) is 3.93. The number of hydrogen-bond donors (Lipinski definition) is 2. The maximum Gasteiger partial charge on any atom is 0.408 e. The van der Waals surface area contributed by atoms with Gasteiger partial charge in [-0.05, 0) is 48.5 Å². The molecule has 1 saturated heterocycles. The summed E-state index contributed by atoms with van der Waals surface area (Å²) in [5.41, 5.74) is -1.83. The predicted octanol–water partition coefficient (Wildman–Crippen LogP) is 1.52. The zero-order chi connectivity index (χ0) is 18.6. The summed E-state index contributed by atoms with van der Waals surface area (Å²) in [6.07, 6.45) is -0.602. The van der Waals surface area contributed by atoms with Crippen molar-refractivity contribution >= 4 is 12.0 Å². The molecule has 7 nitrogen and oxygen atoms in total. The first kappa shape index (κ1) is 20.7. The number of rotatable bonds is 5. The number of nitrogens with one attached hydrogen (secondary N) is 2. The maximum absolute atomic E-state index is 12.5. The van der Waals surface area contributed by atoms with E-state index in [1.807, 2.05) is 0 Å². The Bertz CT molecular complexity index is 449. The highest BCUT2D eigenvalue weighted by molar-refractivity contribution is 5.89. The Labute approximate surface area is 145 Å². The van der Waals surface area contributed by atoms with Gasteiger partial charge in [-0.1, -0.05) is 0 Å². The van der Waals surface area contributed by atoms with Gasteiger partial charge in [0.2, 0.25) is 5.91 Å². The highest BCUT2D eigenvalue weighted by Crippen LogP contribution is 2.16. The minimum absolute atomic E-state index is 0.179. The fraction of sp³-hybridized carbons (Fsp3) is 0.882. The van der Waals surface area contributed by atoms with Crippen LogP contribution in [0.3, 0.4) is 0 Å². The average molecular weight is 343 g/mol. The first-order valence-corrected chi connectivity index (χ1v) is 8.46. The molecule has 0 saturated carbocycles. The van der Waals surface area contributed by atoms with Crippen LogP contribution >= 0.6 is 0 Å². The predicted molar refractivity (Wildman–Crippen MR) is 92.9 cm³/mol. The van der Waals surface area contributed by atoms with Gasteiger partial charge in [0.25, 0.3) is 0 Å². The van der Waals surface area contributed by atoms with E-state index in [-0.39, 0.29) is 11.4 Å². The van der Waals surface area contributed by atoms with Crippen LogP contribution in [0.25, 0.3) is 0 Å². The largest absolute Gasteiger partial charge is 0.444 e. The van der Waals surface area contributed by atoms with Crippen molar-refractivity contribution in [2.45, 2.75) is 65.1 Å². The Morgan fingerprint density at radius 2 is 1.58 bits per heavy atom. The zero-order valence-corrected chi connectivity index (χ0v) is 16.1. The molecule has 0 bridgehead atoms. The molecule has 140 valence electrons. The van der Waals surface area contributed by atoms with Crippen LogP contribution in [-0.4, -0.2) is 66.4 Å². The second-order valence-corrected chi connectivity index (χ2v) is 8.35. The summed E-state index contributed by atoms with van der Waals surface area (Å²) < 4.78 is 10.6. The maximum atomic E-state index is 12.5. The molecule has 0 aromatic heterocycles. The minimum Gasteiger partial charge on any atom is -0.444 e. The Morgan fingerprint density at radius 1 is 1.04 bits per heavy atom. The molecule has 2 N–H and O–H groups in total. The topological polar surface area (TPSA) is 79.9 Å². The SMILES string of the molecule is CC(C)(C)OC(=O)NC(C)(C)C(=O)NCC(C)(C)N1CCOCC1. The van der Waals surface area contributed by atoms with Crippen LogP contribution in [0.2, 0.25) is 0 Å². The van der Waals surface area contributed by atoms with Crippen LogP contribution in [0.4, 0.5) is 4.79 Å². The Kier molecular flexibility index (Phi) is 6.64. The molecule has 1 aliphatic rings. The van der Waals surface area contributed by atoms with Gasteiger partial charge in [0.15, 0.2) is 0 Å². The van der Waals surface area contributed by atoms with E-state index in [1.54, 1.807) is 34.6 Å². The normalized spacial score (nSPS) is 17.3. The smallest absolute Gasteiger partial charge is 0.408 e. The molecule has 1 aliphatic heterocycles. The quantitative estimate of drug-likeness (QED) is 0.791. The van der Waals surface area contributed by atoms with Crippen molar-refractivity contribution in [2.75, 3.05) is 32.8 Å². The highest BCUT2D eigenvalue weighted by Gasteiger charge is 2.34. The van der Waals surface area contributed by atoms with E-state index < -0.39 is 17.2 Å². The summed E-state index contributed by atoms with van der Waals surface area (Å²) in [6, 6.07) is 0. The fourth-order valence-corrected chi connectivity index (χ4v) is 2.41. The van der Waals surface area contributed by atoms with Crippen LogP contribution in [0, 0.1) is 0 Å². The van der Waals surface area contributed by atoms with Gasteiger partial charge in [-0.2, -0.15) is 0 Å². The van der Waals surface area contributed by atoms with Gasteiger partial charge in [0.1, 0.15) is 11.1 Å². The van der Waals surface area contributed by atoms with E-state index in [2.05, 4.69) is 29.4 Å². The molecular weight excluding hydrogens is 310 g/mol. The number of morpholine rings is 1. The molecule has 0 aromatic carbocycles. The summed E-state index contributed by atoms with van der Waals surface area (Å²) >= 11 is 0. The summed E-state index contributed by atoms with van der Waals surface area (Å²) in [5.74, 6) is -0.241. The number of carbonyl (C=O) groups is 2. The van der Waals surface area contributed by atoms with Gasteiger partial charge < -0.3 is 20.1 Å². The third kappa shape index (κ3) is 6.65. The summed E-state index contributed by atoms with van der Waals surface area (Å²) in [6.45, 7) is 16.5. The van der Waals surface area contributed by atoms with E-state index in [4.69, 9.17) is 9.47 Å². The van der Waals surface area contributed by atoms with Crippen LogP contribution in [-0.2, 0) is 14.3 Å². The molecule has 0 spiro atoms. The van der Waals surface area contributed by atoms with Crippen molar-refractivity contribution in [3.8, 4) is 0 Å². The lowest BCUT2D eigenvalue weighted by molar-refractivity contribution is -0.127. The van der Waals surface area contributed by atoms with Crippen molar-refractivity contribution in [3.05, 3.63) is 0 Å². The second kappa shape index (κ2) is 7.70. The lowest BCUT2D eigenvalue weighted by atomic mass is 10.00. The number of alkyl carbamates (subject to hydrolysis) is 1. The fourth-order valence-electron chi connectivity index (χ4n) is 2.41. The van der Waals surface area contributed by atoms with Crippen molar-refractivity contribution in [2.24, 2.45) is 0 Å². The number of nitrogens with zero attached hydrogens (tertiary/aromatic N) is 1. The molecule has 0 aliphatic carbocycles. The molecule has 7 heteroatoms. The molecule has 1 heterocycles. The van der Waals surface area contributed by atoms with Crippen LogP contribution < -0.4 is 10.6 Å². The van der Waals surface area contributed by atoms with Crippen LogP contribution in [0.15, 0.2) is 0 Å². The molecule has 0 radical (unpaired) electrons. The van der Waals surface area contributed by atoms with Crippen LogP contribution in [0.1, 0.15) is 48.5 Å². The lowest BCUT2D eigenvalue weighted by Gasteiger charge is -2.41. The first-order valence-electron chi connectivity index (χ1n) is 8.46. The average Bonchev–Trinajstić information content (AvgIpc) is 2.43.